The standard InChI is InChI=1S/C21H22FNO4S3/c1-14-11-15(2)21(16(3)12-14)30(26,27)23-13-20(19-5-4-10-28-19)29(24,25)18-8-6-17(22)7-9-18/h4-12,20,23H,13H2,1-3H3/t20-/m1/s1. The average Bonchev–Trinajstić information content (AvgIpc) is 3.15. The maximum Gasteiger partial charge on any atom is 0.241 e. The van der Waals surface area contributed by atoms with Crippen LogP contribution in [0.25, 0.3) is 0 Å². The van der Waals surface area contributed by atoms with Crippen LogP contribution in [-0.2, 0) is 19.9 Å². The Labute approximate surface area is 180 Å². The number of sulfonamides is 1. The van der Waals surface area contributed by atoms with Gasteiger partial charge in [-0.05, 0) is 67.6 Å². The molecule has 0 fully saturated rings. The van der Waals surface area contributed by atoms with E-state index in [1.807, 2.05) is 6.92 Å². The molecule has 3 rings (SSSR count). The van der Waals surface area contributed by atoms with Crippen LogP contribution in [0.1, 0.15) is 26.8 Å². The average molecular weight is 468 g/mol. The van der Waals surface area contributed by atoms with Gasteiger partial charge < -0.3 is 0 Å². The van der Waals surface area contributed by atoms with Crippen molar-refractivity contribution in [3.63, 3.8) is 0 Å². The molecule has 1 atom stereocenters. The molecule has 5 nitrogen and oxygen atoms in total. The van der Waals surface area contributed by atoms with Gasteiger partial charge in [-0.15, -0.1) is 11.3 Å². The first kappa shape index (κ1) is 22.6. The lowest BCUT2D eigenvalue weighted by Gasteiger charge is -2.19. The van der Waals surface area contributed by atoms with Crippen LogP contribution < -0.4 is 4.72 Å². The smallest absolute Gasteiger partial charge is 0.223 e. The summed E-state index contributed by atoms with van der Waals surface area (Å²) in [5.74, 6) is -0.548. The minimum absolute atomic E-state index is 0.0656. The van der Waals surface area contributed by atoms with E-state index >= 15 is 0 Å². The van der Waals surface area contributed by atoms with Crippen molar-refractivity contribution in [2.75, 3.05) is 6.54 Å². The van der Waals surface area contributed by atoms with Crippen LogP contribution in [0, 0.1) is 26.6 Å². The van der Waals surface area contributed by atoms with Crippen LogP contribution in [-0.4, -0.2) is 23.4 Å². The van der Waals surface area contributed by atoms with Crippen LogP contribution in [0.5, 0.6) is 0 Å². The Hall–Kier alpha value is -2.07. The molecule has 0 aliphatic carbocycles. The van der Waals surface area contributed by atoms with Gasteiger partial charge in [-0.1, -0.05) is 23.8 Å². The Kier molecular flexibility index (Phi) is 6.47. The number of thiophene rings is 1. The Morgan fingerprint density at radius 1 is 0.967 bits per heavy atom. The Bertz CT molecular complexity index is 1230. The molecule has 0 saturated heterocycles. The van der Waals surface area contributed by atoms with E-state index in [1.165, 1.54) is 23.5 Å². The molecule has 2 aromatic carbocycles. The minimum Gasteiger partial charge on any atom is -0.223 e. The molecule has 30 heavy (non-hydrogen) atoms. The number of rotatable bonds is 7. The molecule has 1 heterocycles. The SMILES string of the molecule is Cc1cc(C)c(S(=O)(=O)NC[C@H](c2cccs2)S(=O)(=O)c2ccc(F)cc2)c(C)c1. The fourth-order valence-corrected chi connectivity index (χ4v) is 7.86. The van der Waals surface area contributed by atoms with E-state index in [2.05, 4.69) is 4.72 Å². The molecule has 0 aliphatic rings. The summed E-state index contributed by atoms with van der Waals surface area (Å²) in [6.45, 7) is 4.96. The highest BCUT2D eigenvalue weighted by Crippen LogP contribution is 2.32. The van der Waals surface area contributed by atoms with Crippen molar-refractivity contribution in [3.8, 4) is 0 Å². The third-order valence-corrected chi connectivity index (χ3v) is 9.67. The van der Waals surface area contributed by atoms with Crippen molar-refractivity contribution in [3.05, 3.63) is 81.3 Å². The van der Waals surface area contributed by atoms with Crippen molar-refractivity contribution < 1.29 is 21.2 Å². The van der Waals surface area contributed by atoms with E-state index < -0.39 is 30.9 Å². The van der Waals surface area contributed by atoms with Gasteiger partial charge in [0.1, 0.15) is 11.1 Å². The molecule has 0 bridgehead atoms. The van der Waals surface area contributed by atoms with E-state index in [1.54, 1.807) is 43.5 Å². The number of hydrogen-bond donors (Lipinski definition) is 1. The Morgan fingerprint density at radius 3 is 2.10 bits per heavy atom. The Morgan fingerprint density at radius 2 is 1.57 bits per heavy atom. The zero-order chi connectivity index (χ0) is 22.1. The number of halogens is 1. The fourth-order valence-electron chi connectivity index (χ4n) is 3.47. The van der Waals surface area contributed by atoms with Gasteiger partial charge in [0.2, 0.25) is 10.0 Å². The van der Waals surface area contributed by atoms with Crippen molar-refractivity contribution in [2.24, 2.45) is 0 Å². The number of nitrogens with one attached hydrogen (secondary N) is 1. The van der Waals surface area contributed by atoms with Gasteiger partial charge >= 0.3 is 0 Å². The molecule has 3 aromatic rings. The lowest BCUT2D eigenvalue weighted by Crippen LogP contribution is -2.32. The predicted octanol–water partition coefficient (Wildman–Crippen LogP) is 4.31. The van der Waals surface area contributed by atoms with E-state index in [0.717, 1.165) is 17.7 Å². The van der Waals surface area contributed by atoms with Crippen molar-refractivity contribution in [1.82, 2.24) is 4.72 Å². The summed E-state index contributed by atoms with van der Waals surface area (Å²) in [4.78, 5) is 0.584. The number of sulfone groups is 1. The van der Waals surface area contributed by atoms with Crippen molar-refractivity contribution in [2.45, 2.75) is 35.8 Å². The molecule has 0 amide bonds. The molecule has 160 valence electrons. The van der Waals surface area contributed by atoms with Crippen LogP contribution in [0.15, 0.2) is 63.7 Å². The first-order valence-corrected chi connectivity index (χ1v) is 13.0. The summed E-state index contributed by atoms with van der Waals surface area (Å²) in [7, 11) is -7.90. The van der Waals surface area contributed by atoms with Crippen molar-refractivity contribution >= 4 is 31.2 Å². The first-order chi connectivity index (χ1) is 14.0. The Balaban J connectivity index is 1.97. The topological polar surface area (TPSA) is 80.3 Å². The molecule has 1 aromatic heterocycles. The number of benzene rings is 2. The normalized spacial score (nSPS) is 13.3. The lowest BCUT2D eigenvalue weighted by atomic mass is 10.1. The van der Waals surface area contributed by atoms with Gasteiger partial charge in [-0.25, -0.2) is 25.9 Å². The molecule has 1 N–H and O–H groups in total. The molecule has 9 heteroatoms. The zero-order valence-corrected chi connectivity index (χ0v) is 19.2. The maximum atomic E-state index is 13.3. The van der Waals surface area contributed by atoms with Gasteiger partial charge in [0.15, 0.2) is 9.84 Å². The minimum atomic E-state index is -3.96. The second-order valence-corrected chi connectivity index (χ2v) is 11.9. The van der Waals surface area contributed by atoms with Gasteiger partial charge in [0.05, 0.1) is 9.79 Å². The lowest BCUT2D eigenvalue weighted by molar-refractivity contribution is 0.568. The second kappa shape index (κ2) is 8.58. The monoisotopic (exact) mass is 467 g/mol. The number of aryl methyl sites for hydroxylation is 3. The summed E-state index contributed by atoms with van der Waals surface area (Å²) in [5.41, 5.74) is 2.13. The van der Waals surface area contributed by atoms with Gasteiger partial charge in [-0.3, -0.25) is 0 Å². The highest BCUT2D eigenvalue weighted by atomic mass is 32.2. The molecule has 0 saturated carbocycles. The summed E-state index contributed by atoms with van der Waals surface area (Å²) >= 11 is 1.22. The van der Waals surface area contributed by atoms with Gasteiger partial charge in [0.25, 0.3) is 0 Å². The second-order valence-electron chi connectivity index (χ2n) is 7.08. The fraction of sp³-hybridized carbons (Fsp3) is 0.238. The van der Waals surface area contributed by atoms with Gasteiger partial charge in [-0.2, -0.15) is 0 Å². The van der Waals surface area contributed by atoms with E-state index in [9.17, 15) is 21.2 Å². The third kappa shape index (κ3) is 4.64. The zero-order valence-electron chi connectivity index (χ0n) is 16.7. The highest BCUT2D eigenvalue weighted by Gasteiger charge is 2.32. The third-order valence-electron chi connectivity index (χ3n) is 4.71. The van der Waals surface area contributed by atoms with E-state index in [-0.39, 0.29) is 16.3 Å². The van der Waals surface area contributed by atoms with Crippen LogP contribution in [0.2, 0.25) is 0 Å². The van der Waals surface area contributed by atoms with E-state index in [0.29, 0.717) is 16.0 Å². The quantitative estimate of drug-likeness (QED) is 0.525. The van der Waals surface area contributed by atoms with Crippen LogP contribution in [0.4, 0.5) is 4.39 Å². The summed E-state index contributed by atoms with van der Waals surface area (Å²) in [6.07, 6.45) is 0. The number of hydrogen-bond acceptors (Lipinski definition) is 5. The maximum absolute atomic E-state index is 13.3. The molecule has 0 radical (unpaired) electrons. The van der Waals surface area contributed by atoms with Crippen molar-refractivity contribution in [1.29, 1.82) is 0 Å². The molecule has 0 spiro atoms. The predicted molar refractivity (Wildman–Crippen MR) is 116 cm³/mol. The highest BCUT2D eigenvalue weighted by molar-refractivity contribution is 7.92. The van der Waals surface area contributed by atoms with E-state index in [4.69, 9.17) is 0 Å². The largest absolute Gasteiger partial charge is 0.241 e. The summed E-state index contributed by atoms with van der Waals surface area (Å²) in [6, 6.07) is 11.4. The van der Waals surface area contributed by atoms with Crippen LogP contribution >= 0.6 is 11.3 Å². The summed E-state index contributed by atoms with van der Waals surface area (Å²) < 4.78 is 68.2. The molecular weight excluding hydrogens is 445 g/mol. The van der Waals surface area contributed by atoms with Gasteiger partial charge in [0, 0.05) is 11.4 Å². The summed E-state index contributed by atoms with van der Waals surface area (Å²) in [5, 5.41) is 0.592. The molecular formula is C21H22FNO4S3. The first-order valence-electron chi connectivity index (χ1n) is 9.13. The van der Waals surface area contributed by atoms with Crippen LogP contribution in [0.3, 0.4) is 0 Å². The molecule has 0 unspecified atom stereocenters. The molecule has 0 aliphatic heterocycles.